The van der Waals surface area contributed by atoms with E-state index in [1.807, 2.05) is 0 Å². The first-order chi connectivity index (χ1) is 11.6. The SMILES string of the molecule is COc1cc(/C=C/C(=O)c2ccc(Cl)cc2)c(OC)c2c1OCO2. The van der Waals surface area contributed by atoms with Crippen LogP contribution in [0.1, 0.15) is 15.9 Å². The second-order valence-electron chi connectivity index (χ2n) is 4.97. The number of rotatable bonds is 5. The quantitative estimate of drug-likeness (QED) is 0.605. The van der Waals surface area contributed by atoms with Crippen molar-refractivity contribution in [3.05, 3.63) is 52.6 Å². The Labute approximate surface area is 144 Å². The van der Waals surface area contributed by atoms with Crippen molar-refractivity contribution in [2.45, 2.75) is 0 Å². The molecule has 1 aliphatic rings. The molecule has 0 atom stereocenters. The molecule has 3 rings (SSSR count). The van der Waals surface area contributed by atoms with Gasteiger partial charge in [-0.15, -0.1) is 0 Å². The van der Waals surface area contributed by atoms with Gasteiger partial charge in [-0.1, -0.05) is 11.6 Å². The van der Waals surface area contributed by atoms with Gasteiger partial charge in [-0.25, -0.2) is 0 Å². The minimum absolute atomic E-state index is 0.0962. The molecule has 0 saturated heterocycles. The number of ether oxygens (including phenoxy) is 4. The van der Waals surface area contributed by atoms with Crippen LogP contribution in [0.15, 0.2) is 36.4 Å². The van der Waals surface area contributed by atoms with Gasteiger partial charge in [0.1, 0.15) is 0 Å². The van der Waals surface area contributed by atoms with E-state index in [2.05, 4.69) is 0 Å². The Morgan fingerprint density at radius 1 is 1.12 bits per heavy atom. The monoisotopic (exact) mass is 346 g/mol. The molecule has 0 amide bonds. The van der Waals surface area contributed by atoms with Crippen molar-refractivity contribution < 1.29 is 23.7 Å². The first kappa shape index (κ1) is 16.2. The molecule has 0 bridgehead atoms. The van der Waals surface area contributed by atoms with Crippen molar-refractivity contribution in [3.8, 4) is 23.0 Å². The lowest BCUT2D eigenvalue weighted by Gasteiger charge is -2.11. The lowest BCUT2D eigenvalue weighted by molar-refractivity contribution is 0.104. The number of benzene rings is 2. The van der Waals surface area contributed by atoms with Gasteiger partial charge >= 0.3 is 0 Å². The zero-order chi connectivity index (χ0) is 17.1. The fourth-order valence-electron chi connectivity index (χ4n) is 2.40. The third kappa shape index (κ3) is 3.03. The Hall–Kier alpha value is -2.66. The van der Waals surface area contributed by atoms with Gasteiger partial charge in [0, 0.05) is 16.1 Å². The van der Waals surface area contributed by atoms with Gasteiger partial charge in [0.05, 0.1) is 14.2 Å². The second-order valence-corrected chi connectivity index (χ2v) is 5.41. The third-order valence-corrected chi connectivity index (χ3v) is 3.81. The number of fused-ring (bicyclic) bond motifs is 1. The molecule has 0 N–H and O–H groups in total. The van der Waals surface area contributed by atoms with Crippen LogP contribution in [0.25, 0.3) is 6.08 Å². The summed E-state index contributed by atoms with van der Waals surface area (Å²) >= 11 is 5.83. The number of allylic oxidation sites excluding steroid dienone is 1. The van der Waals surface area contributed by atoms with E-state index in [0.717, 1.165) is 0 Å². The fraction of sp³-hybridized carbons (Fsp3) is 0.167. The normalized spacial score (nSPS) is 12.5. The summed E-state index contributed by atoms with van der Waals surface area (Å²) in [7, 11) is 3.07. The Balaban J connectivity index is 1.94. The maximum Gasteiger partial charge on any atom is 0.231 e. The number of ketones is 1. The summed E-state index contributed by atoms with van der Waals surface area (Å²) in [6.45, 7) is 0.0962. The summed E-state index contributed by atoms with van der Waals surface area (Å²) in [5.41, 5.74) is 1.20. The van der Waals surface area contributed by atoms with Crippen LogP contribution >= 0.6 is 11.6 Å². The zero-order valence-corrected chi connectivity index (χ0v) is 13.9. The van der Waals surface area contributed by atoms with Crippen molar-refractivity contribution in [1.29, 1.82) is 0 Å². The molecule has 0 aromatic heterocycles. The van der Waals surface area contributed by atoms with Gasteiger partial charge in [-0.05, 0) is 42.5 Å². The highest BCUT2D eigenvalue weighted by Gasteiger charge is 2.26. The highest BCUT2D eigenvalue weighted by Crippen LogP contribution is 2.49. The summed E-state index contributed by atoms with van der Waals surface area (Å²) < 4.78 is 21.5. The zero-order valence-electron chi connectivity index (χ0n) is 13.2. The summed E-state index contributed by atoms with van der Waals surface area (Å²) in [4.78, 5) is 12.3. The average molecular weight is 347 g/mol. The molecular weight excluding hydrogens is 332 g/mol. The summed E-state index contributed by atoms with van der Waals surface area (Å²) in [6, 6.07) is 8.43. The number of carbonyl (C=O) groups excluding carboxylic acids is 1. The molecule has 0 saturated carbocycles. The van der Waals surface area contributed by atoms with Crippen LogP contribution in [0.2, 0.25) is 5.02 Å². The van der Waals surface area contributed by atoms with Crippen LogP contribution in [-0.2, 0) is 0 Å². The van der Waals surface area contributed by atoms with Gasteiger partial charge in [-0.2, -0.15) is 0 Å². The predicted octanol–water partition coefficient (Wildman–Crippen LogP) is 3.98. The molecule has 2 aromatic carbocycles. The summed E-state index contributed by atoms with van der Waals surface area (Å²) in [5.74, 6) is 1.82. The molecule has 0 spiro atoms. The first-order valence-corrected chi connectivity index (χ1v) is 7.54. The molecule has 0 fully saturated rings. The van der Waals surface area contributed by atoms with Gasteiger partial charge in [0.25, 0.3) is 0 Å². The maximum atomic E-state index is 12.3. The minimum atomic E-state index is -0.148. The van der Waals surface area contributed by atoms with Crippen LogP contribution in [-0.4, -0.2) is 26.8 Å². The number of hydrogen-bond donors (Lipinski definition) is 0. The average Bonchev–Trinajstić information content (AvgIpc) is 3.08. The van der Waals surface area contributed by atoms with Gasteiger partial charge < -0.3 is 18.9 Å². The topological polar surface area (TPSA) is 54.0 Å². The van der Waals surface area contributed by atoms with Crippen molar-refractivity contribution >= 4 is 23.5 Å². The van der Waals surface area contributed by atoms with Gasteiger partial charge in [-0.3, -0.25) is 4.79 Å². The molecule has 0 unspecified atom stereocenters. The smallest absolute Gasteiger partial charge is 0.231 e. The maximum absolute atomic E-state index is 12.3. The molecule has 24 heavy (non-hydrogen) atoms. The fourth-order valence-corrected chi connectivity index (χ4v) is 2.52. The van der Waals surface area contributed by atoms with Crippen LogP contribution < -0.4 is 18.9 Å². The largest absolute Gasteiger partial charge is 0.493 e. The highest BCUT2D eigenvalue weighted by molar-refractivity contribution is 6.30. The standard InChI is InChI=1S/C18H15ClO5/c1-21-15-9-12(16(22-2)18-17(15)23-10-24-18)5-8-14(20)11-3-6-13(19)7-4-11/h3-9H,10H2,1-2H3/b8-5+. The number of hydrogen-bond acceptors (Lipinski definition) is 5. The molecule has 1 heterocycles. The van der Waals surface area contributed by atoms with Crippen molar-refractivity contribution in [2.24, 2.45) is 0 Å². The molecule has 0 radical (unpaired) electrons. The Kier molecular flexibility index (Phi) is 4.62. The van der Waals surface area contributed by atoms with E-state index in [0.29, 0.717) is 39.1 Å². The van der Waals surface area contributed by atoms with Crippen LogP contribution in [0.4, 0.5) is 0 Å². The number of halogens is 1. The molecular formula is C18H15ClO5. The molecule has 6 heteroatoms. The number of methoxy groups -OCH3 is 2. The van der Waals surface area contributed by atoms with Crippen molar-refractivity contribution in [3.63, 3.8) is 0 Å². The van der Waals surface area contributed by atoms with E-state index < -0.39 is 0 Å². The molecule has 0 aliphatic carbocycles. The molecule has 5 nitrogen and oxygen atoms in total. The summed E-state index contributed by atoms with van der Waals surface area (Å²) in [6.07, 6.45) is 3.11. The van der Waals surface area contributed by atoms with E-state index in [1.165, 1.54) is 20.3 Å². The molecule has 124 valence electrons. The van der Waals surface area contributed by atoms with E-state index in [1.54, 1.807) is 36.4 Å². The van der Waals surface area contributed by atoms with Crippen LogP contribution in [0, 0.1) is 0 Å². The molecule has 1 aliphatic heterocycles. The van der Waals surface area contributed by atoms with E-state index >= 15 is 0 Å². The Morgan fingerprint density at radius 3 is 2.50 bits per heavy atom. The first-order valence-electron chi connectivity index (χ1n) is 7.16. The van der Waals surface area contributed by atoms with Crippen molar-refractivity contribution in [1.82, 2.24) is 0 Å². The summed E-state index contributed by atoms with van der Waals surface area (Å²) in [5, 5.41) is 0.581. The lowest BCUT2D eigenvalue weighted by Crippen LogP contribution is -1.95. The van der Waals surface area contributed by atoms with E-state index in [9.17, 15) is 4.79 Å². The lowest BCUT2D eigenvalue weighted by atomic mass is 10.1. The Bertz CT molecular complexity index is 796. The van der Waals surface area contributed by atoms with Crippen LogP contribution in [0.5, 0.6) is 23.0 Å². The highest BCUT2D eigenvalue weighted by atomic mass is 35.5. The second kappa shape index (κ2) is 6.84. The van der Waals surface area contributed by atoms with E-state index in [4.69, 9.17) is 30.5 Å². The predicted molar refractivity (Wildman–Crippen MR) is 90.5 cm³/mol. The van der Waals surface area contributed by atoms with Gasteiger partial charge in [0.2, 0.25) is 18.3 Å². The molecule has 2 aromatic rings. The minimum Gasteiger partial charge on any atom is -0.493 e. The number of carbonyl (C=O) groups is 1. The van der Waals surface area contributed by atoms with Crippen molar-refractivity contribution in [2.75, 3.05) is 21.0 Å². The van der Waals surface area contributed by atoms with Crippen LogP contribution in [0.3, 0.4) is 0 Å². The van der Waals surface area contributed by atoms with Gasteiger partial charge in [0.15, 0.2) is 17.3 Å². The van der Waals surface area contributed by atoms with E-state index in [-0.39, 0.29) is 12.6 Å². The Morgan fingerprint density at radius 2 is 1.83 bits per heavy atom. The third-order valence-electron chi connectivity index (χ3n) is 3.56.